The van der Waals surface area contributed by atoms with Crippen LogP contribution in [0.5, 0.6) is 5.75 Å². The van der Waals surface area contributed by atoms with Gasteiger partial charge in [-0.3, -0.25) is 9.59 Å². The Morgan fingerprint density at radius 1 is 1.00 bits per heavy atom. The number of hydrogen-bond donors (Lipinski definition) is 2. The monoisotopic (exact) mass is 352 g/mol. The van der Waals surface area contributed by atoms with Crippen LogP contribution in [-0.2, 0) is 16.0 Å². The van der Waals surface area contributed by atoms with E-state index in [2.05, 4.69) is 10.6 Å². The van der Waals surface area contributed by atoms with E-state index < -0.39 is 0 Å². The van der Waals surface area contributed by atoms with E-state index >= 15 is 0 Å². The summed E-state index contributed by atoms with van der Waals surface area (Å²) < 4.78 is 5.38. The predicted octanol–water partition coefficient (Wildman–Crippen LogP) is 3.02. The molecule has 1 saturated carbocycles. The third-order valence-corrected chi connectivity index (χ3v) is 4.45. The normalized spacial score (nSPS) is 18.0. The topological polar surface area (TPSA) is 67.4 Å². The van der Waals surface area contributed by atoms with E-state index in [4.69, 9.17) is 4.74 Å². The quantitative estimate of drug-likeness (QED) is 0.767. The van der Waals surface area contributed by atoms with Crippen LogP contribution in [0.4, 0.5) is 5.69 Å². The lowest BCUT2D eigenvalue weighted by Gasteiger charge is -2.07. The lowest BCUT2D eigenvalue weighted by molar-refractivity contribution is -0.125. The highest BCUT2D eigenvalue weighted by atomic mass is 16.5. The van der Waals surface area contributed by atoms with E-state index in [1.807, 2.05) is 49.4 Å². The fourth-order valence-electron chi connectivity index (χ4n) is 2.92. The smallest absolute Gasteiger partial charge is 0.228 e. The molecule has 26 heavy (non-hydrogen) atoms. The molecule has 0 heterocycles. The number of hydrogen-bond acceptors (Lipinski definition) is 3. The minimum Gasteiger partial charge on any atom is -0.494 e. The summed E-state index contributed by atoms with van der Waals surface area (Å²) in [5, 5.41) is 5.79. The highest BCUT2D eigenvalue weighted by molar-refractivity contribution is 5.99. The Kier molecular flexibility index (Phi) is 5.89. The summed E-state index contributed by atoms with van der Waals surface area (Å²) in [7, 11) is 0. The molecule has 2 amide bonds. The minimum atomic E-state index is -0.238. The van der Waals surface area contributed by atoms with Gasteiger partial charge in [0.2, 0.25) is 11.8 Å². The van der Waals surface area contributed by atoms with Gasteiger partial charge in [-0.2, -0.15) is 0 Å². The molecule has 136 valence electrons. The summed E-state index contributed by atoms with van der Waals surface area (Å²) in [4.78, 5) is 24.4. The Labute approximate surface area is 153 Å². The standard InChI is InChI=1S/C21H24N2O3/c1-2-26-17-10-8-16(9-11-17)23-21(25)19-14-18(19)20(24)22-13-12-15-6-4-3-5-7-15/h3-11,18-19H,2,12-14H2,1H3,(H,22,24)(H,23,25). The molecule has 0 bridgehead atoms. The molecule has 2 aromatic carbocycles. The average Bonchev–Trinajstić information content (AvgIpc) is 3.45. The van der Waals surface area contributed by atoms with Gasteiger partial charge in [0.25, 0.3) is 0 Å². The van der Waals surface area contributed by atoms with Crippen LogP contribution in [0, 0.1) is 11.8 Å². The molecule has 0 radical (unpaired) electrons. The Balaban J connectivity index is 1.41. The zero-order valence-corrected chi connectivity index (χ0v) is 14.9. The summed E-state index contributed by atoms with van der Waals surface area (Å²) in [5.74, 6) is 0.185. The maximum Gasteiger partial charge on any atom is 0.228 e. The zero-order chi connectivity index (χ0) is 18.4. The molecule has 2 atom stereocenters. The first kappa shape index (κ1) is 18.0. The highest BCUT2D eigenvalue weighted by Gasteiger charge is 2.47. The van der Waals surface area contributed by atoms with Crippen molar-refractivity contribution in [2.24, 2.45) is 11.8 Å². The molecule has 0 saturated heterocycles. The van der Waals surface area contributed by atoms with Gasteiger partial charge in [-0.05, 0) is 49.6 Å². The van der Waals surface area contributed by atoms with Crippen molar-refractivity contribution in [3.63, 3.8) is 0 Å². The van der Waals surface area contributed by atoms with Crippen molar-refractivity contribution >= 4 is 17.5 Å². The predicted molar refractivity (Wildman–Crippen MR) is 101 cm³/mol. The summed E-state index contributed by atoms with van der Waals surface area (Å²) in [5.41, 5.74) is 1.90. The summed E-state index contributed by atoms with van der Waals surface area (Å²) in [6.07, 6.45) is 1.41. The minimum absolute atomic E-state index is 0.0345. The molecule has 3 rings (SSSR count). The Morgan fingerprint density at radius 2 is 1.69 bits per heavy atom. The van der Waals surface area contributed by atoms with Crippen LogP contribution < -0.4 is 15.4 Å². The number of ether oxygens (including phenoxy) is 1. The fraction of sp³-hybridized carbons (Fsp3) is 0.333. The van der Waals surface area contributed by atoms with Crippen molar-refractivity contribution < 1.29 is 14.3 Å². The summed E-state index contributed by atoms with van der Waals surface area (Å²) in [6.45, 7) is 3.12. The number of carbonyl (C=O) groups excluding carboxylic acids is 2. The van der Waals surface area contributed by atoms with E-state index in [-0.39, 0.29) is 23.7 Å². The second-order valence-corrected chi connectivity index (χ2v) is 6.42. The molecule has 1 aliphatic carbocycles. The third kappa shape index (κ3) is 4.85. The van der Waals surface area contributed by atoms with Crippen molar-refractivity contribution in [2.75, 3.05) is 18.5 Å². The number of nitrogens with one attached hydrogen (secondary N) is 2. The first-order valence-corrected chi connectivity index (χ1v) is 9.02. The third-order valence-electron chi connectivity index (χ3n) is 4.45. The number of amides is 2. The van der Waals surface area contributed by atoms with Gasteiger partial charge >= 0.3 is 0 Å². The van der Waals surface area contributed by atoms with Crippen LogP contribution in [0.3, 0.4) is 0 Å². The van der Waals surface area contributed by atoms with Crippen LogP contribution in [0.15, 0.2) is 54.6 Å². The van der Waals surface area contributed by atoms with E-state index in [0.717, 1.165) is 12.2 Å². The van der Waals surface area contributed by atoms with Crippen LogP contribution in [-0.4, -0.2) is 25.0 Å². The van der Waals surface area contributed by atoms with Crippen LogP contribution in [0.25, 0.3) is 0 Å². The molecule has 2 N–H and O–H groups in total. The number of rotatable bonds is 8. The SMILES string of the molecule is CCOc1ccc(NC(=O)C2CC2C(=O)NCCc2ccccc2)cc1. The summed E-state index contributed by atoms with van der Waals surface area (Å²) in [6, 6.07) is 17.3. The van der Waals surface area contributed by atoms with Gasteiger partial charge in [0.15, 0.2) is 0 Å². The van der Waals surface area contributed by atoms with Gasteiger partial charge in [0, 0.05) is 12.2 Å². The lowest BCUT2D eigenvalue weighted by atomic mass is 10.1. The highest BCUT2D eigenvalue weighted by Crippen LogP contribution is 2.39. The molecule has 5 nitrogen and oxygen atoms in total. The van der Waals surface area contributed by atoms with Gasteiger partial charge in [0.05, 0.1) is 18.4 Å². The molecule has 0 aromatic heterocycles. The van der Waals surface area contributed by atoms with Crippen molar-refractivity contribution in [1.29, 1.82) is 0 Å². The number of benzene rings is 2. The van der Waals surface area contributed by atoms with Crippen molar-refractivity contribution in [3.8, 4) is 5.75 Å². The molecule has 2 unspecified atom stereocenters. The van der Waals surface area contributed by atoms with Gasteiger partial charge in [0.1, 0.15) is 5.75 Å². The molecular formula is C21H24N2O3. The van der Waals surface area contributed by atoms with Gasteiger partial charge in [-0.25, -0.2) is 0 Å². The average molecular weight is 352 g/mol. The van der Waals surface area contributed by atoms with Crippen molar-refractivity contribution in [2.45, 2.75) is 19.8 Å². The largest absolute Gasteiger partial charge is 0.494 e. The summed E-state index contributed by atoms with van der Waals surface area (Å²) >= 11 is 0. The number of carbonyl (C=O) groups is 2. The first-order valence-electron chi connectivity index (χ1n) is 9.02. The van der Waals surface area contributed by atoms with E-state index in [1.54, 1.807) is 12.1 Å². The van der Waals surface area contributed by atoms with Gasteiger partial charge in [-0.15, -0.1) is 0 Å². The molecule has 5 heteroatoms. The maximum absolute atomic E-state index is 12.3. The molecule has 2 aromatic rings. The lowest BCUT2D eigenvalue weighted by Crippen LogP contribution is -2.29. The zero-order valence-electron chi connectivity index (χ0n) is 14.9. The van der Waals surface area contributed by atoms with Crippen LogP contribution >= 0.6 is 0 Å². The van der Waals surface area contributed by atoms with E-state index in [9.17, 15) is 9.59 Å². The van der Waals surface area contributed by atoms with Crippen molar-refractivity contribution in [3.05, 3.63) is 60.2 Å². The molecule has 1 fully saturated rings. The maximum atomic E-state index is 12.3. The first-order chi connectivity index (χ1) is 12.7. The van der Waals surface area contributed by atoms with Crippen LogP contribution in [0.1, 0.15) is 18.9 Å². The van der Waals surface area contributed by atoms with E-state index in [0.29, 0.717) is 25.3 Å². The van der Waals surface area contributed by atoms with Gasteiger partial charge in [-0.1, -0.05) is 30.3 Å². The number of anilines is 1. The molecule has 0 spiro atoms. The second-order valence-electron chi connectivity index (χ2n) is 6.42. The van der Waals surface area contributed by atoms with E-state index in [1.165, 1.54) is 5.56 Å². The van der Waals surface area contributed by atoms with Crippen LogP contribution in [0.2, 0.25) is 0 Å². The molecular weight excluding hydrogens is 328 g/mol. The Morgan fingerprint density at radius 3 is 2.38 bits per heavy atom. The molecule has 0 aliphatic heterocycles. The Hall–Kier alpha value is -2.82. The fourth-order valence-corrected chi connectivity index (χ4v) is 2.92. The van der Waals surface area contributed by atoms with Gasteiger partial charge < -0.3 is 15.4 Å². The molecule has 1 aliphatic rings. The second kappa shape index (κ2) is 8.52. The Bertz CT molecular complexity index is 744. The van der Waals surface area contributed by atoms with Crippen molar-refractivity contribution in [1.82, 2.24) is 5.32 Å².